The molecule has 0 saturated carbocycles. The number of amides is 1. The Morgan fingerprint density at radius 2 is 1.77 bits per heavy atom. The topological polar surface area (TPSA) is 84.1 Å². The number of carbonyl (C=O) groups excluding carboxylic acids is 2. The molecule has 39 heavy (non-hydrogen) atoms. The van der Waals surface area contributed by atoms with Gasteiger partial charge in [-0.1, -0.05) is 66.7 Å². The van der Waals surface area contributed by atoms with E-state index in [1.807, 2.05) is 86.1 Å². The van der Waals surface area contributed by atoms with E-state index < -0.39 is 12.0 Å². The Labute approximate surface area is 234 Å². The van der Waals surface area contributed by atoms with Gasteiger partial charge in [0.25, 0.3) is 5.91 Å². The van der Waals surface area contributed by atoms with Crippen molar-refractivity contribution < 1.29 is 14.3 Å². The van der Waals surface area contributed by atoms with Crippen molar-refractivity contribution in [2.75, 3.05) is 12.0 Å². The van der Waals surface area contributed by atoms with Gasteiger partial charge in [0.2, 0.25) is 0 Å². The SMILES string of the molecule is CSCCC(NC(=O)c1ccc(CCCc2cnc[nH]2)cc1-c1ccccc1C)C(=O)OCc1ccccc1. The number of hydrogen-bond donors (Lipinski definition) is 2. The number of carbonyl (C=O) groups is 2. The number of aromatic nitrogens is 2. The summed E-state index contributed by atoms with van der Waals surface area (Å²) in [5, 5.41) is 2.98. The molecule has 1 heterocycles. The van der Waals surface area contributed by atoms with Crippen molar-refractivity contribution in [3.05, 3.63) is 113 Å². The number of nitrogens with one attached hydrogen (secondary N) is 2. The summed E-state index contributed by atoms with van der Waals surface area (Å²) in [6.07, 6.45) is 8.77. The molecule has 2 N–H and O–H groups in total. The Kier molecular flexibility index (Phi) is 10.4. The molecule has 0 aliphatic carbocycles. The van der Waals surface area contributed by atoms with E-state index in [9.17, 15) is 9.59 Å². The van der Waals surface area contributed by atoms with Crippen LogP contribution in [-0.2, 0) is 29.0 Å². The predicted molar refractivity (Wildman–Crippen MR) is 158 cm³/mol. The number of rotatable bonds is 13. The number of H-pyrrole nitrogens is 1. The molecule has 0 saturated heterocycles. The molecule has 1 amide bonds. The van der Waals surface area contributed by atoms with E-state index in [-0.39, 0.29) is 12.5 Å². The van der Waals surface area contributed by atoms with Crippen LogP contribution in [0.3, 0.4) is 0 Å². The van der Waals surface area contributed by atoms with Crippen LogP contribution in [0.1, 0.15) is 45.6 Å². The zero-order valence-electron chi connectivity index (χ0n) is 22.5. The molecule has 1 atom stereocenters. The molecule has 4 rings (SSSR count). The lowest BCUT2D eigenvalue weighted by molar-refractivity contribution is -0.147. The highest BCUT2D eigenvalue weighted by atomic mass is 32.2. The number of benzene rings is 3. The Morgan fingerprint density at radius 3 is 2.51 bits per heavy atom. The fourth-order valence-electron chi connectivity index (χ4n) is 4.50. The van der Waals surface area contributed by atoms with Crippen molar-refractivity contribution in [2.45, 2.75) is 45.3 Å². The average Bonchev–Trinajstić information content (AvgIpc) is 3.48. The van der Waals surface area contributed by atoms with Gasteiger partial charge < -0.3 is 15.0 Å². The van der Waals surface area contributed by atoms with Gasteiger partial charge in [0.05, 0.1) is 6.33 Å². The Morgan fingerprint density at radius 1 is 0.974 bits per heavy atom. The van der Waals surface area contributed by atoms with Crippen molar-refractivity contribution in [2.24, 2.45) is 0 Å². The quantitative estimate of drug-likeness (QED) is 0.198. The summed E-state index contributed by atoms with van der Waals surface area (Å²) in [6.45, 7) is 2.22. The molecule has 7 heteroatoms. The van der Waals surface area contributed by atoms with Crippen molar-refractivity contribution in [3.8, 4) is 11.1 Å². The summed E-state index contributed by atoms with van der Waals surface area (Å²) < 4.78 is 5.58. The smallest absolute Gasteiger partial charge is 0.329 e. The zero-order chi connectivity index (χ0) is 27.5. The van der Waals surface area contributed by atoms with Gasteiger partial charge in [-0.25, -0.2) is 9.78 Å². The van der Waals surface area contributed by atoms with E-state index in [2.05, 4.69) is 21.4 Å². The van der Waals surface area contributed by atoms with Gasteiger partial charge in [0, 0.05) is 17.5 Å². The summed E-state index contributed by atoms with van der Waals surface area (Å²) in [5.41, 5.74) is 6.68. The molecule has 0 aliphatic heterocycles. The molecule has 0 spiro atoms. The van der Waals surface area contributed by atoms with Crippen molar-refractivity contribution in [3.63, 3.8) is 0 Å². The molecule has 0 aliphatic rings. The second-order valence-electron chi connectivity index (χ2n) is 9.53. The summed E-state index contributed by atoms with van der Waals surface area (Å²) in [7, 11) is 0. The van der Waals surface area contributed by atoms with Crippen LogP contribution < -0.4 is 5.32 Å². The van der Waals surface area contributed by atoms with Crippen LogP contribution in [0, 0.1) is 6.92 Å². The highest BCUT2D eigenvalue weighted by Crippen LogP contribution is 2.29. The van der Waals surface area contributed by atoms with E-state index in [0.717, 1.165) is 58.5 Å². The van der Waals surface area contributed by atoms with Crippen LogP contribution in [-0.4, -0.2) is 39.9 Å². The number of esters is 1. The van der Waals surface area contributed by atoms with Crippen LogP contribution in [0.25, 0.3) is 11.1 Å². The number of nitrogens with zero attached hydrogens (tertiary/aromatic N) is 1. The number of imidazole rings is 1. The molecular weight excluding hydrogens is 506 g/mol. The first kappa shape index (κ1) is 28.2. The van der Waals surface area contributed by atoms with E-state index >= 15 is 0 Å². The van der Waals surface area contributed by atoms with Gasteiger partial charge in [-0.15, -0.1) is 0 Å². The van der Waals surface area contributed by atoms with Crippen LogP contribution in [0.15, 0.2) is 85.3 Å². The van der Waals surface area contributed by atoms with Crippen LogP contribution in [0.4, 0.5) is 0 Å². The third kappa shape index (κ3) is 8.07. The Bertz CT molecular complexity index is 1360. The first-order chi connectivity index (χ1) is 19.0. The number of aromatic amines is 1. The van der Waals surface area contributed by atoms with E-state index in [1.165, 1.54) is 0 Å². The van der Waals surface area contributed by atoms with Crippen LogP contribution >= 0.6 is 11.8 Å². The molecule has 0 bridgehead atoms. The molecule has 1 aromatic heterocycles. The molecule has 1 unspecified atom stereocenters. The predicted octanol–water partition coefficient (Wildman–Crippen LogP) is 6.16. The zero-order valence-corrected chi connectivity index (χ0v) is 23.3. The monoisotopic (exact) mass is 541 g/mol. The van der Waals surface area contributed by atoms with Gasteiger partial charge >= 0.3 is 5.97 Å². The third-order valence-corrected chi connectivity index (χ3v) is 7.30. The second kappa shape index (κ2) is 14.4. The minimum Gasteiger partial charge on any atom is -0.459 e. The lowest BCUT2D eigenvalue weighted by Gasteiger charge is -2.19. The van der Waals surface area contributed by atoms with Crippen molar-refractivity contribution in [1.29, 1.82) is 0 Å². The maximum absolute atomic E-state index is 13.6. The van der Waals surface area contributed by atoms with E-state index in [0.29, 0.717) is 12.0 Å². The lowest BCUT2D eigenvalue weighted by atomic mass is 9.92. The highest BCUT2D eigenvalue weighted by molar-refractivity contribution is 7.98. The normalized spacial score (nSPS) is 11.6. The average molecular weight is 542 g/mol. The Hall–Kier alpha value is -3.84. The Balaban J connectivity index is 1.53. The maximum Gasteiger partial charge on any atom is 0.329 e. The first-order valence-corrected chi connectivity index (χ1v) is 14.6. The standard InChI is InChI=1S/C32H35N3O3S/c1-23-9-6-7-14-27(23)29-19-24(12-8-13-26-20-33-22-34-26)15-16-28(29)31(36)35-30(17-18-39-2)32(37)38-21-25-10-4-3-5-11-25/h3-7,9-11,14-16,19-20,22,30H,8,12-13,17-18,21H2,1-2H3,(H,33,34)(H,35,36). The number of ether oxygens (including phenoxy) is 1. The number of hydrogen-bond acceptors (Lipinski definition) is 5. The lowest BCUT2D eigenvalue weighted by Crippen LogP contribution is -2.42. The summed E-state index contributed by atoms with van der Waals surface area (Å²) in [6, 6.07) is 22.9. The van der Waals surface area contributed by atoms with Gasteiger partial charge in [-0.2, -0.15) is 11.8 Å². The summed E-state index contributed by atoms with van der Waals surface area (Å²) >= 11 is 1.63. The maximum atomic E-state index is 13.6. The molecule has 0 radical (unpaired) electrons. The second-order valence-corrected chi connectivity index (χ2v) is 10.5. The number of thioether (sulfide) groups is 1. The van der Waals surface area contributed by atoms with Crippen molar-refractivity contribution >= 4 is 23.6 Å². The van der Waals surface area contributed by atoms with E-state index in [1.54, 1.807) is 18.1 Å². The first-order valence-electron chi connectivity index (χ1n) is 13.2. The fraction of sp³-hybridized carbons (Fsp3) is 0.281. The van der Waals surface area contributed by atoms with Gasteiger partial charge in [0.15, 0.2) is 0 Å². The van der Waals surface area contributed by atoms with E-state index in [4.69, 9.17) is 4.74 Å². The number of aryl methyl sites for hydroxylation is 3. The van der Waals surface area contributed by atoms with Crippen LogP contribution in [0.5, 0.6) is 0 Å². The van der Waals surface area contributed by atoms with Gasteiger partial charge in [-0.3, -0.25) is 4.79 Å². The van der Waals surface area contributed by atoms with Gasteiger partial charge in [0.1, 0.15) is 12.6 Å². The molecule has 6 nitrogen and oxygen atoms in total. The minimum atomic E-state index is -0.729. The van der Waals surface area contributed by atoms with Crippen molar-refractivity contribution in [1.82, 2.24) is 15.3 Å². The molecule has 0 fully saturated rings. The van der Waals surface area contributed by atoms with Crippen LogP contribution in [0.2, 0.25) is 0 Å². The third-order valence-electron chi connectivity index (χ3n) is 6.65. The molecular formula is C32H35N3O3S. The summed E-state index contributed by atoms with van der Waals surface area (Å²) in [5.74, 6) is 0.0276. The highest BCUT2D eigenvalue weighted by Gasteiger charge is 2.24. The largest absolute Gasteiger partial charge is 0.459 e. The molecule has 202 valence electrons. The summed E-state index contributed by atoms with van der Waals surface area (Å²) in [4.78, 5) is 33.9. The van der Waals surface area contributed by atoms with Gasteiger partial charge in [-0.05, 0) is 78.5 Å². The molecule has 4 aromatic rings. The minimum absolute atomic E-state index is 0.174. The fourth-order valence-corrected chi connectivity index (χ4v) is 4.97. The molecule has 3 aromatic carbocycles.